The third kappa shape index (κ3) is 4.33. The zero-order chi connectivity index (χ0) is 12.0. The van der Waals surface area contributed by atoms with Crippen molar-refractivity contribution in [2.45, 2.75) is 33.4 Å². The first-order valence-corrected chi connectivity index (χ1v) is 6.06. The summed E-state index contributed by atoms with van der Waals surface area (Å²) in [5.41, 5.74) is 1.12. The van der Waals surface area contributed by atoms with Gasteiger partial charge in [-0.25, -0.2) is 0 Å². The van der Waals surface area contributed by atoms with E-state index in [4.69, 9.17) is 0 Å². The molecule has 0 aliphatic heterocycles. The molecule has 1 N–H and O–H groups in total. The van der Waals surface area contributed by atoms with Crippen molar-refractivity contribution in [2.75, 3.05) is 26.7 Å². The first kappa shape index (κ1) is 13.2. The highest BCUT2D eigenvalue weighted by atomic mass is 15.3. The lowest BCUT2D eigenvalue weighted by atomic mass is 10.4. The van der Waals surface area contributed by atoms with Crippen LogP contribution in [-0.2, 0) is 6.54 Å². The van der Waals surface area contributed by atoms with E-state index in [-0.39, 0.29) is 0 Å². The summed E-state index contributed by atoms with van der Waals surface area (Å²) in [6.07, 6.45) is 2.04. The van der Waals surface area contributed by atoms with Crippen molar-refractivity contribution < 1.29 is 0 Å². The van der Waals surface area contributed by atoms with Crippen LogP contribution in [0.25, 0.3) is 0 Å². The van der Waals surface area contributed by atoms with Gasteiger partial charge in [0.1, 0.15) is 0 Å². The molecule has 0 saturated heterocycles. The number of hydrogen-bond donors (Lipinski definition) is 1. The molecule has 0 aliphatic rings. The highest BCUT2D eigenvalue weighted by Gasteiger charge is 2.01. The molecule has 0 saturated carbocycles. The molecule has 0 atom stereocenters. The van der Waals surface area contributed by atoms with E-state index in [9.17, 15) is 0 Å². The molecule has 0 unspecified atom stereocenters. The summed E-state index contributed by atoms with van der Waals surface area (Å²) < 4.78 is 2.00. The van der Waals surface area contributed by atoms with Gasteiger partial charge in [0.05, 0.1) is 5.69 Å². The monoisotopic (exact) mass is 224 g/mol. The summed E-state index contributed by atoms with van der Waals surface area (Å²) in [6, 6.07) is 2.52. The van der Waals surface area contributed by atoms with Crippen LogP contribution in [0.3, 0.4) is 0 Å². The van der Waals surface area contributed by atoms with E-state index in [0.29, 0.717) is 6.04 Å². The average Bonchev–Trinajstić information content (AvgIpc) is 2.72. The normalized spacial score (nSPS) is 11.6. The van der Waals surface area contributed by atoms with Crippen molar-refractivity contribution in [2.24, 2.45) is 0 Å². The predicted octanol–water partition coefficient (Wildman–Crippen LogP) is 1.51. The summed E-state index contributed by atoms with van der Waals surface area (Å²) in [7, 11) is 2.13. The molecule has 1 aromatic rings. The van der Waals surface area contributed by atoms with E-state index < -0.39 is 0 Å². The van der Waals surface area contributed by atoms with E-state index in [1.54, 1.807) is 0 Å². The Bertz CT molecular complexity index is 293. The highest BCUT2D eigenvalue weighted by Crippen LogP contribution is 2.03. The molecule has 0 amide bonds. The van der Waals surface area contributed by atoms with Crippen LogP contribution in [-0.4, -0.2) is 41.4 Å². The van der Waals surface area contributed by atoms with Gasteiger partial charge >= 0.3 is 0 Å². The fourth-order valence-corrected chi connectivity index (χ4v) is 1.40. The van der Waals surface area contributed by atoms with Crippen LogP contribution < -0.4 is 5.32 Å². The molecule has 0 bridgehead atoms. The Hall–Kier alpha value is -0.870. The zero-order valence-electron chi connectivity index (χ0n) is 10.9. The van der Waals surface area contributed by atoms with Gasteiger partial charge < -0.3 is 10.2 Å². The maximum atomic E-state index is 4.49. The summed E-state index contributed by atoms with van der Waals surface area (Å²) >= 11 is 0. The van der Waals surface area contributed by atoms with Gasteiger partial charge in [-0.3, -0.25) is 4.68 Å². The van der Waals surface area contributed by atoms with Gasteiger partial charge in [-0.2, -0.15) is 5.10 Å². The van der Waals surface area contributed by atoms with Crippen LogP contribution in [0, 0.1) is 0 Å². The fraction of sp³-hybridized carbons (Fsp3) is 0.750. The maximum Gasteiger partial charge on any atom is 0.0762 e. The summed E-state index contributed by atoms with van der Waals surface area (Å²) in [5, 5.41) is 7.89. The minimum absolute atomic E-state index is 0.444. The number of nitrogens with zero attached hydrogens (tertiary/aromatic N) is 3. The van der Waals surface area contributed by atoms with E-state index in [1.165, 1.54) is 0 Å². The van der Waals surface area contributed by atoms with Crippen LogP contribution >= 0.6 is 0 Å². The first-order chi connectivity index (χ1) is 7.63. The number of rotatable bonds is 7. The lowest BCUT2D eigenvalue weighted by Gasteiger charge is -2.13. The SMILES string of the molecule is CCN(C)CCNCc1ccn(C(C)C)n1. The van der Waals surface area contributed by atoms with Crippen molar-refractivity contribution in [1.82, 2.24) is 20.0 Å². The average molecular weight is 224 g/mol. The van der Waals surface area contributed by atoms with Crippen molar-refractivity contribution in [3.8, 4) is 0 Å². The van der Waals surface area contributed by atoms with Crippen LogP contribution in [0.1, 0.15) is 32.5 Å². The van der Waals surface area contributed by atoms with Gasteiger partial charge in [-0.15, -0.1) is 0 Å². The van der Waals surface area contributed by atoms with Crippen molar-refractivity contribution >= 4 is 0 Å². The second kappa shape index (κ2) is 6.66. The molecule has 1 aromatic heterocycles. The van der Waals surface area contributed by atoms with Gasteiger partial charge in [0.2, 0.25) is 0 Å². The molecule has 1 heterocycles. The number of aromatic nitrogens is 2. The lowest BCUT2D eigenvalue weighted by molar-refractivity contribution is 0.348. The van der Waals surface area contributed by atoms with Gasteiger partial charge in [-0.1, -0.05) is 6.92 Å². The lowest BCUT2D eigenvalue weighted by Crippen LogP contribution is -2.28. The van der Waals surface area contributed by atoms with Gasteiger partial charge in [0.15, 0.2) is 0 Å². The first-order valence-electron chi connectivity index (χ1n) is 6.06. The topological polar surface area (TPSA) is 33.1 Å². The Balaban J connectivity index is 2.21. The Kier molecular flexibility index (Phi) is 5.49. The van der Waals surface area contributed by atoms with E-state index in [1.807, 2.05) is 10.9 Å². The van der Waals surface area contributed by atoms with Crippen LogP contribution in [0.2, 0.25) is 0 Å². The molecule has 0 aliphatic carbocycles. The molecule has 0 radical (unpaired) electrons. The molecule has 1 rings (SSSR count). The molecule has 4 nitrogen and oxygen atoms in total. The van der Waals surface area contributed by atoms with Crippen molar-refractivity contribution in [3.05, 3.63) is 18.0 Å². The van der Waals surface area contributed by atoms with E-state index in [2.05, 4.69) is 49.2 Å². The predicted molar refractivity (Wildman–Crippen MR) is 67.5 cm³/mol. The highest BCUT2D eigenvalue weighted by molar-refractivity contribution is 4.98. The quantitative estimate of drug-likeness (QED) is 0.713. The van der Waals surface area contributed by atoms with Crippen molar-refractivity contribution in [1.29, 1.82) is 0 Å². The Labute approximate surface area is 98.6 Å². The second-order valence-corrected chi connectivity index (χ2v) is 4.45. The third-order valence-corrected chi connectivity index (χ3v) is 2.71. The van der Waals surface area contributed by atoms with E-state index in [0.717, 1.165) is 31.9 Å². The molecule has 4 heteroatoms. The smallest absolute Gasteiger partial charge is 0.0762 e. The molecule has 0 aromatic carbocycles. The van der Waals surface area contributed by atoms with Crippen molar-refractivity contribution in [3.63, 3.8) is 0 Å². The van der Waals surface area contributed by atoms with E-state index >= 15 is 0 Å². The maximum absolute atomic E-state index is 4.49. The Morgan fingerprint density at radius 3 is 2.81 bits per heavy atom. The van der Waals surface area contributed by atoms with Crippen LogP contribution in [0.5, 0.6) is 0 Å². The molecular weight excluding hydrogens is 200 g/mol. The standard InChI is InChI=1S/C12H24N4/c1-5-15(4)9-7-13-10-12-6-8-16(14-12)11(2)3/h6,8,11,13H,5,7,9-10H2,1-4H3. The third-order valence-electron chi connectivity index (χ3n) is 2.71. The van der Waals surface area contributed by atoms with Gasteiger partial charge in [0.25, 0.3) is 0 Å². The summed E-state index contributed by atoms with van der Waals surface area (Å²) in [4.78, 5) is 2.29. The number of hydrogen-bond acceptors (Lipinski definition) is 3. The molecule has 0 spiro atoms. The zero-order valence-corrected chi connectivity index (χ0v) is 10.9. The second-order valence-electron chi connectivity index (χ2n) is 4.45. The largest absolute Gasteiger partial charge is 0.310 e. The minimum atomic E-state index is 0.444. The number of likely N-dealkylation sites (N-methyl/N-ethyl adjacent to an activating group) is 1. The van der Waals surface area contributed by atoms with Crippen LogP contribution in [0.15, 0.2) is 12.3 Å². The molecular formula is C12H24N4. The van der Waals surface area contributed by atoms with Gasteiger partial charge in [-0.05, 0) is 33.5 Å². The summed E-state index contributed by atoms with van der Waals surface area (Å²) in [6.45, 7) is 10.5. The Morgan fingerprint density at radius 2 is 2.25 bits per heavy atom. The minimum Gasteiger partial charge on any atom is -0.310 e. The van der Waals surface area contributed by atoms with Crippen LogP contribution in [0.4, 0.5) is 0 Å². The summed E-state index contributed by atoms with van der Waals surface area (Å²) in [5.74, 6) is 0. The molecule has 92 valence electrons. The number of nitrogens with one attached hydrogen (secondary N) is 1. The van der Waals surface area contributed by atoms with Gasteiger partial charge in [0, 0.05) is 31.9 Å². The Morgan fingerprint density at radius 1 is 1.50 bits per heavy atom. The molecule has 0 fully saturated rings. The fourth-order valence-electron chi connectivity index (χ4n) is 1.40. The molecule has 16 heavy (non-hydrogen) atoms.